The number of nitrogens with zero attached hydrogens (tertiary/aromatic N) is 2. The van der Waals surface area contributed by atoms with E-state index in [2.05, 4.69) is 36.0 Å². The third-order valence-electron chi connectivity index (χ3n) is 2.68. The Morgan fingerprint density at radius 2 is 2.20 bits per heavy atom. The molecule has 0 aromatic heterocycles. The van der Waals surface area contributed by atoms with E-state index in [9.17, 15) is 0 Å². The molecule has 0 bridgehead atoms. The molecule has 3 heteroatoms. The Morgan fingerprint density at radius 3 is 2.93 bits per heavy atom. The van der Waals surface area contributed by atoms with Crippen LogP contribution < -0.4 is 0 Å². The number of hydrazone groups is 1. The molecular formula is C12H11N2S+. The molecule has 1 aromatic rings. The predicted molar refractivity (Wildman–Crippen MR) is 64.2 cm³/mol. The highest BCUT2D eigenvalue weighted by Crippen LogP contribution is 2.19. The molecule has 1 fully saturated rings. The number of aryl methyl sites for hydroxylation is 1. The fourth-order valence-electron chi connectivity index (χ4n) is 1.75. The van der Waals surface area contributed by atoms with Crippen LogP contribution in [-0.4, -0.2) is 33.6 Å². The maximum atomic E-state index is 5.44. The van der Waals surface area contributed by atoms with E-state index in [-0.39, 0.29) is 0 Å². The molecule has 0 N–H and O–H groups in total. The van der Waals surface area contributed by atoms with Gasteiger partial charge in [-0.1, -0.05) is 17.7 Å². The molecule has 0 unspecified atom stereocenters. The van der Waals surface area contributed by atoms with Gasteiger partial charge in [-0.05, 0) is 29.9 Å². The molecule has 0 spiro atoms. The Hall–Kier alpha value is -1.44. The second-order valence-electron chi connectivity index (χ2n) is 3.93. The highest BCUT2D eigenvalue weighted by molar-refractivity contribution is 7.80. The van der Waals surface area contributed by atoms with E-state index in [1.54, 1.807) is 0 Å². The average Bonchev–Trinajstić information content (AvgIpc) is 3.01. The first-order valence-electron chi connectivity index (χ1n) is 5.05. The standard InChI is InChI=1S/C12H11N2S/c1-9-2-3-11-10(8-9)4-5-14(12(11)15)13-6-7-13/h2-4,8H,6-7H2,1H3/q+1. The van der Waals surface area contributed by atoms with Crippen molar-refractivity contribution in [1.82, 2.24) is 5.01 Å². The molecule has 0 saturated carbocycles. The zero-order valence-electron chi connectivity index (χ0n) is 8.53. The molecular weight excluding hydrogens is 204 g/mol. The van der Waals surface area contributed by atoms with Gasteiger partial charge < -0.3 is 0 Å². The van der Waals surface area contributed by atoms with Crippen molar-refractivity contribution in [1.29, 1.82) is 0 Å². The number of benzene rings is 1. The van der Waals surface area contributed by atoms with E-state index in [1.807, 2.05) is 10.8 Å². The second-order valence-corrected chi connectivity index (χ2v) is 4.32. The Kier molecular flexibility index (Phi) is 1.78. The summed E-state index contributed by atoms with van der Waals surface area (Å²) in [7, 11) is 0. The van der Waals surface area contributed by atoms with Crippen LogP contribution in [0.25, 0.3) is 6.08 Å². The molecule has 74 valence electrons. The fraction of sp³-hybridized carbons (Fsp3) is 0.250. The third kappa shape index (κ3) is 1.41. The van der Waals surface area contributed by atoms with Crippen molar-refractivity contribution in [3.63, 3.8) is 0 Å². The lowest BCUT2D eigenvalue weighted by molar-refractivity contribution is -0.544. The summed E-state index contributed by atoms with van der Waals surface area (Å²) in [4.78, 5) is 0.866. The Bertz CT molecular complexity index is 520. The van der Waals surface area contributed by atoms with Gasteiger partial charge in [0.1, 0.15) is 0 Å². The summed E-state index contributed by atoms with van der Waals surface area (Å²) < 4.78 is 1.95. The number of hydrogen-bond acceptors (Lipinski definition) is 2. The summed E-state index contributed by atoms with van der Waals surface area (Å²) >= 11 is 5.44. The monoisotopic (exact) mass is 215 g/mol. The Labute approximate surface area is 94.1 Å². The zero-order valence-corrected chi connectivity index (χ0v) is 9.34. The van der Waals surface area contributed by atoms with Gasteiger partial charge >= 0.3 is 4.99 Å². The van der Waals surface area contributed by atoms with Gasteiger partial charge in [-0.15, -0.1) is 0 Å². The van der Waals surface area contributed by atoms with Crippen molar-refractivity contribution in [3.8, 4) is 0 Å². The number of hydrogen-bond donors (Lipinski definition) is 0. The minimum atomic E-state index is 0.866. The van der Waals surface area contributed by atoms with Crippen molar-refractivity contribution in [2.24, 2.45) is 0 Å². The van der Waals surface area contributed by atoms with Crippen LogP contribution in [0.1, 0.15) is 16.7 Å². The maximum absolute atomic E-state index is 5.44. The van der Waals surface area contributed by atoms with Gasteiger partial charge in [-0.2, -0.15) is 5.01 Å². The normalized spacial score (nSPS) is 17.5. The minimum Gasteiger partial charge on any atom is -0.166 e. The van der Waals surface area contributed by atoms with Crippen molar-refractivity contribution < 1.29 is 4.68 Å². The SMILES string of the molecule is Cc1ccc2c(c1)C=C=[N+](N1CC1)C2=S. The van der Waals surface area contributed by atoms with Crippen molar-refractivity contribution in [3.05, 3.63) is 34.9 Å². The van der Waals surface area contributed by atoms with Crippen LogP contribution in [0, 0.1) is 6.92 Å². The Morgan fingerprint density at radius 1 is 1.40 bits per heavy atom. The van der Waals surface area contributed by atoms with Crippen molar-refractivity contribution >= 4 is 29.2 Å². The van der Waals surface area contributed by atoms with E-state index >= 15 is 0 Å². The van der Waals surface area contributed by atoms with Crippen LogP contribution in [0.4, 0.5) is 0 Å². The molecule has 1 aromatic carbocycles. The van der Waals surface area contributed by atoms with Crippen molar-refractivity contribution in [2.45, 2.75) is 6.92 Å². The summed E-state index contributed by atoms with van der Waals surface area (Å²) in [6, 6.07) is 6.35. The smallest absolute Gasteiger partial charge is 0.166 e. The predicted octanol–water partition coefficient (Wildman–Crippen LogP) is 1.61. The molecule has 2 nitrogen and oxygen atoms in total. The van der Waals surface area contributed by atoms with Gasteiger partial charge in [-0.25, -0.2) is 0 Å². The highest BCUT2D eigenvalue weighted by atomic mass is 32.1. The number of hydrazine groups is 1. The highest BCUT2D eigenvalue weighted by Gasteiger charge is 2.35. The molecule has 2 heterocycles. The molecule has 0 radical (unpaired) electrons. The molecule has 0 amide bonds. The first kappa shape index (κ1) is 8.84. The minimum absolute atomic E-state index is 0.866. The summed E-state index contributed by atoms with van der Waals surface area (Å²) in [5.74, 6) is 3.21. The topological polar surface area (TPSA) is 6.02 Å². The first-order valence-corrected chi connectivity index (χ1v) is 5.46. The van der Waals surface area contributed by atoms with Crippen LogP contribution in [0.2, 0.25) is 0 Å². The third-order valence-corrected chi connectivity index (χ3v) is 3.07. The van der Waals surface area contributed by atoms with Gasteiger partial charge in [0, 0.05) is 5.56 Å². The molecule has 2 aliphatic heterocycles. The summed E-state index contributed by atoms with van der Waals surface area (Å²) in [6.45, 7) is 4.26. The van der Waals surface area contributed by atoms with Crippen LogP contribution in [0.5, 0.6) is 0 Å². The summed E-state index contributed by atoms with van der Waals surface area (Å²) in [6.07, 6.45) is 2.01. The molecule has 3 rings (SSSR count). The maximum Gasteiger partial charge on any atom is 0.318 e. The lowest BCUT2D eigenvalue weighted by Crippen LogP contribution is -2.27. The van der Waals surface area contributed by atoms with E-state index in [1.165, 1.54) is 11.1 Å². The largest absolute Gasteiger partial charge is 0.318 e. The second kappa shape index (κ2) is 3.02. The van der Waals surface area contributed by atoms with Crippen LogP contribution in [0.15, 0.2) is 18.2 Å². The van der Waals surface area contributed by atoms with Gasteiger partial charge in [0.2, 0.25) is 5.87 Å². The van der Waals surface area contributed by atoms with Crippen LogP contribution >= 0.6 is 12.2 Å². The van der Waals surface area contributed by atoms with Gasteiger partial charge in [0.05, 0.1) is 24.7 Å². The van der Waals surface area contributed by atoms with Crippen LogP contribution in [-0.2, 0) is 0 Å². The zero-order chi connectivity index (χ0) is 10.4. The van der Waals surface area contributed by atoms with E-state index in [0.717, 1.165) is 23.6 Å². The number of thiocarbonyl (C=S) groups is 1. The molecule has 15 heavy (non-hydrogen) atoms. The summed E-state index contributed by atoms with van der Waals surface area (Å²) in [5.41, 5.74) is 3.58. The molecule has 0 atom stereocenters. The molecule has 2 aliphatic rings. The summed E-state index contributed by atoms with van der Waals surface area (Å²) in [5, 5.41) is 2.17. The van der Waals surface area contributed by atoms with Gasteiger partial charge in [-0.3, -0.25) is 0 Å². The fourth-order valence-corrected chi connectivity index (χ4v) is 2.11. The quantitative estimate of drug-likeness (QED) is 0.399. The molecule has 1 saturated heterocycles. The van der Waals surface area contributed by atoms with E-state index in [4.69, 9.17) is 12.2 Å². The van der Waals surface area contributed by atoms with Crippen molar-refractivity contribution in [2.75, 3.05) is 13.1 Å². The number of fused-ring (bicyclic) bond motifs is 1. The number of rotatable bonds is 1. The lowest BCUT2D eigenvalue weighted by atomic mass is 10.0. The van der Waals surface area contributed by atoms with Crippen LogP contribution in [0.3, 0.4) is 0 Å². The first-order chi connectivity index (χ1) is 7.25. The Balaban J connectivity index is 2.16. The average molecular weight is 215 g/mol. The van der Waals surface area contributed by atoms with E-state index < -0.39 is 0 Å². The van der Waals surface area contributed by atoms with Gasteiger partial charge in [0.25, 0.3) is 0 Å². The van der Waals surface area contributed by atoms with Gasteiger partial charge in [0.15, 0.2) is 0 Å². The molecule has 0 aliphatic carbocycles. The lowest BCUT2D eigenvalue weighted by Gasteiger charge is -2.08. The van der Waals surface area contributed by atoms with E-state index in [0.29, 0.717) is 0 Å².